The molecule has 0 aliphatic heterocycles. The van der Waals surface area contributed by atoms with Crippen molar-refractivity contribution in [1.29, 1.82) is 0 Å². The number of carbonyl (C=O) groups is 2. The summed E-state index contributed by atoms with van der Waals surface area (Å²) in [6.07, 6.45) is 5.01. The summed E-state index contributed by atoms with van der Waals surface area (Å²) in [6, 6.07) is 16.8. The Morgan fingerprint density at radius 1 is 0.795 bits per heavy atom. The maximum Gasteiger partial charge on any atom is 0.343 e. The number of carbonyl (C=O) groups excluding carboxylic acids is 2. The molecule has 232 valence electrons. The fourth-order valence-electron chi connectivity index (χ4n) is 7.73. The van der Waals surface area contributed by atoms with E-state index in [0.29, 0.717) is 23.5 Å². The number of esters is 2. The van der Waals surface area contributed by atoms with E-state index in [-0.39, 0.29) is 32.4 Å². The fourth-order valence-corrected chi connectivity index (χ4v) is 8.85. The van der Waals surface area contributed by atoms with Gasteiger partial charge in [0.2, 0.25) is 20.0 Å². The molecule has 0 heterocycles. The van der Waals surface area contributed by atoms with Crippen LogP contribution in [-0.4, -0.2) is 34.9 Å². The molecule has 2 fully saturated rings. The molecule has 3 aromatic carbocycles. The van der Waals surface area contributed by atoms with Gasteiger partial charge in [0, 0.05) is 5.41 Å². The number of sulfonamides is 2. The van der Waals surface area contributed by atoms with Gasteiger partial charge in [-0.05, 0) is 116 Å². The van der Waals surface area contributed by atoms with Crippen molar-refractivity contribution in [2.75, 3.05) is 0 Å². The van der Waals surface area contributed by atoms with Gasteiger partial charge in [0.1, 0.15) is 11.9 Å². The van der Waals surface area contributed by atoms with Crippen molar-refractivity contribution in [1.82, 2.24) is 0 Å². The molecule has 5 atom stereocenters. The molecule has 0 unspecified atom stereocenters. The molecule has 0 saturated heterocycles. The number of primary sulfonamides is 2. The summed E-state index contributed by atoms with van der Waals surface area (Å²) in [5.74, 6) is 0.316. The van der Waals surface area contributed by atoms with Crippen LogP contribution in [0.15, 0.2) is 76.5 Å². The first-order valence-electron chi connectivity index (χ1n) is 14.6. The van der Waals surface area contributed by atoms with Gasteiger partial charge in [-0.2, -0.15) is 0 Å². The monoisotopic (exact) mass is 638 g/mol. The summed E-state index contributed by atoms with van der Waals surface area (Å²) in [4.78, 5) is 25.6. The van der Waals surface area contributed by atoms with Gasteiger partial charge in [-0.3, -0.25) is 0 Å². The SMILES string of the molecule is C[C@]12CC[C@@H]3c4ccc(OC(=O)c5cccc(S(N)(=O)=O)c5)cc4CC[C@H]3[C@@H]1CC[C@@H]2OC(=O)c1cccc(S(N)(=O)=O)c1. The number of fused-ring (bicyclic) bond motifs is 5. The van der Waals surface area contributed by atoms with Crippen molar-refractivity contribution in [3.8, 4) is 5.75 Å². The van der Waals surface area contributed by atoms with E-state index in [2.05, 4.69) is 6.92 Å². The van der Waals surface area contributed by atoms with E-state index in [4.69, 9.17) is 19.8 Å². The second-order valence-electron chi connectivity index (χ2n) is 12.3. The van der Waals surface area contributed by atoms with Gasteiger partial charge in [-0.15, -0.1) is 0 Å². The Kier molecular flexibility index (Phi) is 7.68. The van der Waals surface area contributed by atoms with Crippen molar-refractivity contribution < 1.29 is 35.9 Å². The molecule has 10 nitrogen and oxygen atoms in total. The number of benzene rings is 3. The second kappa shape index (κ2) is 11.1. The Morgan fingerprint density at radius 2 is 1.43 bits per heavy atom. The Bertz CT molecular complexity index is 1870. The van der Waals surface area contributed by atoms with Gasteiger partial charge in [-0.25, -0.2) is 36.7 Å². The van der Waals surface area contributed by atoms with Crippen LogP contribution in [0.4, 0.5) is 0 Å². The average Bonchev–Trinajstić information content (AvgIpc) is 3.32. The number of ether oxygens (including phenoxy) is 2. The molecule has 0 amide bonds. The van der Waals surface area contributed by atoms with Crippen LogP contribution in [0, 0.1) is 17.3 Å². The highest BCUT2D eigenvalue weighted by Crippen LogP contribution is 2.61. The van der Waals surface area contributed by atoms with Crippen LogP contribution in [0.1, 0.15) is 76.8 Å². The topological polar surface area (TPSA) is 173 Å². The lowest BCUT2D eigenvalue weighted by molar-refractivity contribution is -0.0428. The third kappa shape index (κ3) is 5.67. The molecule has 0 radical (unpaired) electrons. The Morgan fingerprint density at radius 3 is 2.07 bits per heavy atom. The summed E-state index contributed by atoms with van der Waals surface area (Å²) in [6.45, 7) is 2.21. The first-order chi connectivity index (χ1) is 20.7. The maximum atomic E-state index is 13.1. The quantitative estimate of drug-likeness (QED) is 0.297. The molecule has 6 rings (SSSR count). The zero-order chi connectivity index (χ0) is 31.4. The minimum absolute atomic E-state index is 0.0921. The average molecular weight is 639 g/mol. The van der Waals surface area contributed by atoms with E-state index in [0.717, 1.165) is 44.1 Å². The molecular weight excluding hydrogens is 604 g/mol. The van der Waals surface area contributed by atoms with Crippen LogP contribution in [-0.2, 0) is 31.2 Å². The second-order valence-corrected chi connectivity index (χ2v) is 15.4. The largest absolute Gasteiger partial charge is 0.458 e. The number of nitrogens with two attached hydrogens (primary N) is 2. The Hall–Kier alpha value is -3.58. The van der Waals surface area contributed by atoms with Crippen molar-refractivity contribution >= 4 is 32.0 Å². The lowest BCUT2D eigenvalue weighted by atomic mass is 9.55. The van der Waals surface area contributed by atoms with Gasteiger partial charge in [0.15, 0.2) is 0 Å². The van der Waals surface area contributed by atoms with Gasteiger partial charge in [-0.1, -0.05) is 25.1 Å². The molecule has 3 aromatic rings. The van der Waals surface area contributed by atoms with Gasteiger partial charge < -0.3 is 9.47 Å². The highest BCUT2D eigenvalue weighted by Gasteiger charge is 2.56. The molecule has 3 aliphatic carbocycles. The number of hydrogen-bond acceptors (Lipinski definition) is 8. The van der Waals surface area contributed by atoms with E-state index in [1.165, 1.54) is 54.1 Å². The lowest BCUT2D eigenvalue weighted by Gasteiger charge is -2.50. The summed E-state index contributed by atoms with van der Waals surface area (Å²) in [5.41, 5.74) is 2.45. The van der Waals surface area contributed by atoms with Crippen LogP contribution >= 0.6 is 0 Å². The molecule has 44 heavy (non-hydrogen) atoms. The zero-order valence-electron chi connectivity index (χ0n) is 24.1. The van der Waals surface area contributed by atoms with Gasteiger partial charge in [0.05, 0.1) is 20.9 Å². The predicted molar refractivity (Wildman–Crippen MR) is 161 cm³/mol. The molecular formula is C32H34N2O8S2. The van der Waals surface area contributed by atoms with E-state index < -0.39 is 32.0 Å². The minimum atomic E-state index is -3.95. The summed E-state index contributed by atoms with van der Waals surface area (Å²) in [7, 11) is -7.89. The highest BCUT2D eigenvalue weighted by atomic mass is 32.2. The predicted octanol–water partition coefficient (Wildman–Crippen LogP) is 4.28. The molecule has 0 bridgehead atoms. The molecule has 12 heteroatoms. The van der Waals surface area contributed by atoms with E-state index in [1.54, 1.807) is 6.07 Å². The van der Waals surface area contributed by atoms with Crippen molar-refractivity contribution in [3.63, 3.8) is 0 Å². The summed E-state index contributed by atoms with van der Waals surface area (Å²) < 4.78 is 58.5. The normalized spacial score (nSPS) is 26.2. The molecule has 0 aromatic heterocycles. The minimum Gasteiger partial charge on any atom is -0.458 e. The molecule has 4 N–H and O–H groups in total. The fraction of sp³-hybridized carbons (Fsp3) is 0.375. The molecule has 3 aliphatic rings. The lowest BCUT2D eigenvalue weighted by Crippen LogP contribution is -2.45. The van der Waals surface area contributed by atoms with Crippen LogP contribution in [0.2, 0.25) is 0 Å². The first-order valence-corrected chi connectivity index (χ1v) is 17.6. The smallest absolute Gasteiger partial charge is 0.343 e. The first kappa shape index (κ1) is 30.4. The zero-order valence-corrected chi connectivity index (χ0v) is 25.8. The summed E-state index contributed by atoms with van der Waals surface area (Å²) in [5, 5.41) is 10.4. The third-order valence-electron chi connectivity index (χ3n) is 9.87. The summed E-state index contributed by atoms with van der Waals surface area (Å²) >= 11 is 0. The molecule has 2 saturated carbocycles. The van der Waals surface area contributed by atoms with Crippen molar-refractivity contribution in [2.24, 2.45) is 27.5 Å². The van der Waals surface area contributed by atoms with E-state index >= 15 is 0 Å². The Labute approximate surface area is 256 Å². The maximum absolute atomic E-state index is 13.1. The standard InChI is InChI=1S/C32H34N2O8S2/c1-32-15-14-26-25-11-9-22(41-30(35)20-4-2-6-23(17-20)43(33,37)38)16-19(25)8-10-27(26)28(32)12-13-29(32)42-31(36)21-5-3-7-24(18-21)44(34,39)40/h2-7,9,11,16-18,26-29H,8,10,12-15H2,1H3,(H2,33,37,38)(H2,34,39,40)/t26-,27-,28+,29+,32+/m1/s1. The van der Waals surface area contributed by atoms with Crippen LogP contribution in [0.5, 0.6) is 5.75 Å². The van der Waals surface area contributed by atoms with Crippen molar-refractivity contribution in [3.05, 3.63) is 89.0 Å². The number of rotatable bonds is 6. The van der Waals surface area contributed by atoms with Crippen LogP contribution < -0.4 is 15.0 Å². The highest BCUT2D eigenvalue weighted by molar-refractivity contribution is 7.89. The van der Waals surface area contributed by atoms with E-state index in [9.17, 15) is 26.4 Å². The van der Waals surface area contributed by atoms with Gasteiger partial charge >= 0.3 is 11.9 Å². The molecule has 0 spiro atoms. The van der Waals surface area contributed by atoms with Crippen molar-refractivity contribution in [2.45, 2.75) is 67.3 Å². The number of aryl methyl sites for hydroxylation is 1. The third-order valence-corrected chi connectivity index (χ3v) is 11.7. The number of hydrogen-bond donors (Lipinski definition) is 2. The van der Waals surface area contributed by atoms with Crippen LogP contribution in [0.3, 0.4) is 0 Å². The van der Waals surface area contributed by atoms with Crippen LogP contribution in [0.25, 0.3) is 0 Å². The van der Waals surface area contributed by atoms with E-state index in [1.807, 2.05) is 12.1 Å². The van der Waals surface area contributed by atoms with Gasteiger partial charge in [0.25, 0.3) is 0 Å². The Balaban J connectivity index is 1.15.